The number of oxime groups is 1. The van der Waals surface area contributed by atoms with E-state index in [1.807, 2.05) is 30.1 Å². The zero-order valence-corrected chi connectivity index (χ0v) is 12.4. The Hall–Kier alpha value is -2.15. The number of amidine groups is 1. The molecule has 0 aliphatic rings. The summed E-state index contributed by atoms with van der Waals surface area (Å²) in [4.78, 5) is 10.4. The number of nitrogens with two attached hydrogens (primary N) is 1. The molecule has 2 aromatic rings. The van der Waals surface area contributed by atoms with E-state index >= 15 is 0 Å². The van der Waals surface area contributed by atoms with Gasteiger partial charge >= 0.3 is 0 Å². The summed E-state index contributed by atoms with van der Waals surface area (Å²) in [6.45, 7) is 0.619. The van der Waals surface area contributed by atoms with Crippen molar-refractivity contribution in [1.29, 1.82) is 0 Å². The Morgan fingerprint density at radius 1 is 1.40 bits per heavy atom. The van der Waals surface area contributed by atoms with Crippen LogP contribution >= 0.6 is 15.9 Å². The van der Waals surface area contributed by atoms with Crippen molar-refractivity contribution in [2.24, 2.45) is 10.9 Å². The van der Waals surface area contributed by atoms with Gasteiger partial charge in [-0.3, -0.25) is 0 Å². The van der Waals surface area contributed by atoms with Gasteiger partial charge in [-0.2, -0.15) is 0 Å². The topological polar surface area (TPSA) is 87.6 Å². The van der Waals surface area contributed by atoms with E-state index in [2.05, 4.69) is 31.1 Å². The number of halogens is 1. The molecule has 0 aliphatic heterocycles. The van der Waals surface area contributed by atoms with Crippen molar-refractivity contribution in [3.63, 3.8) is 0 Å². The van der Waals surface area contributed by atoms with Gasteiger partial charge in [0.2, 0.25) is 5.95 Å². The van der Waals surface area contributed by atoms with E-state index in [-0.39, 0.29) is 5.84 Å². The summed E-state index contributed by atoms with van der Waals surface area (Å²) in [5.74, 6) is 0.719. The fraction of sp³-hybridized carbons (Fsp3) is 0.154. The van der Waals surface area contributed by atoms with Crippen LogP contribution in [0.2, 0.25) is 0 Å². The summed E-state index contributed by atoms with van der Waals surface area (Å²) in [5.41, 5.74) is 7.27. The minimum absolute atomic E-state index is 0.0920. The van der Waals surface area contributed by atoms with Crippen molar-refractivity contribution in [3.05, 3.63) is 52.3 Å². The number of benzene rings is 1. The van der Waals surface area contributed by atoms with Crippen LogP contribution in [0.4, 0.5) is 5.95 Å². The number of nitrogens with zero attached hydrogens (tertiary/aromatic N) is 4. The molecule has 0 spiro atoms. The summed E-state index contributed by atoms with van der Waals surface area (Å²) >= 11 is 3.30. The smallest absolute Gasteiger partial charge is 0.225 e. The van der Waals surface area contributed by atoms with Gasteiger partial charge in [0.15, 0.2) is 5.84 Å². The third-order valence-corrected chi connectivity index (χ3v) is 3.11. The largest absolute Gasteiger partial charge is 0.409 e. The van der Waals surface area contributed by atoms with Crippen LogP contribution in [0.3, 0.4) is 0 Å². The lowest BCUT2D eigenvalue weighted by Crippen LogP contribution is -2.19. The van der Waals surface area contributed by atoms with Gasteiger partial charge in [0.05, 0.1) is 4.47 Å². The van der Waals surface area contributed by atoms with Crippen molar-refractivity contribution in [2.45, 2.75) is 6.54 Å². The van der Waals surface area contributed by atoms with Crippen LogP contribution in [-0.2, 0) is 6.54 Å². The van der Waals surface area contributed by atoms with E-state index in [1.54, 1.807) is 18.5 Å². The van der Waals surface area contributed by atoms with Gasteiger partial charge in [-0.25, -0.2) is 9.97 Å². The highest BCUT2D eigenvalue weighted by molar-refractivity contribution is 9.10. The van der Waals surface area contributed by atoms with E-state index in [0.29, 0.717) is 18.1 Å². The van der Waals surface area contributed by atoms with Crippen LogP contribution in [0.15, 0.2) is 46.3 Å². The predicted molar refractivity (Wildman–Crippen MR) is 80.8 cm³/mol. The molecule has 0 bridgehead atoms. The van der Waals surface area contributed by atoms with E-state index < -0.39 is 0 Å². The molecule has 0 radical (unpaired) electrons. The van der Waals surface area contributed by atoms with Crippen LogP contribution in [-0.4, -0.2) is 28.1 Å². The number of hydrogen-bond donors (Lipinski definition) is 2. The monoisotopic (exact) mass is 335 g/mol. The molecule has 0 atom stereocenters. The summed E-state index contributed by atoms with van der Waals surface area (Å²) in [6, 6.07) is 7.47. The van der Waals surface area contributed by atoms with Crippen molar-refractivity contribution in [3.8, 4) is 0 Å². The molecule has 0 saturated carbocycles. The molecule has 0 unspecified atom stereocenters. The first-order valence-electron chi connectivity index (χ1n) is 5.85. The molecule has 0 amide bonds. The maximum atomic E-state index is 8.69. The van der Waals surface area contributed by atoms with Gasteiger partial charge in [0.1, 0.15) is 0 Å². The summed E-state index contributed by atoms with van der Waals surface area (Å²) in [6.07, 6.45) is 3.40. The fourth-order valence-corrected chi connectivity index (χ4v) is 1.94. The van der Waals surface area contributed by atoms with E-state index in [0.717, 1.165) is 10.0 Å². The Morgan fingerprint density at radius 3 is 2.75 bits per heavy atom. The number of rotatable bonds is 4. The number of anilines is 1. The highest BCUT2D eigenvalue weighted by Gasteiger charge is 2.06. The minimum Gasteiger partial charge on any atom is -0.409 e. The molecule has 0 aliphatic carbocycles. The van der Waals surface area contributed by atoms with Crippen molar-refractivity contribution >= 4 is 27.7 Å². The second-order valence-corrected chi connectivity index (χ2v) is 5.16. The molecular weight excluding hydrogens is 322 g/mol. The van der Waals surface area contributed by atoms with Crippen LogP contribution in [0.25, 0.3) is 0 Å². The highest BCUT2D eigenvalue weighted by Crippen LogP contribution is 2.13. The molecule has 3 N–H and O–H groups in total. The van der Waals surface area contributed by atoms with Gasteiger partial charge in [-0.15, -0.1) is 0 Å². The number of hydrogen-bond acceptors (Lipinski definition) is 5. The Balaban J connectivity index is 2.15. The van der Waals surface area contributed by atoms with E-state index in [9.17, 15) is 0 Å². The SMILES string of the molecule is CN(Cc1cccc(C(N)=NO)c1)c1ncc(Br)cn1. The maximum Gasteiger partial charge on any atom is 0.225 e. The molecule has 1 heterocycles. The first kappa shape index (κ1) is 14.3. The molecule has 2 rings (SSSR count). The molecule has 0 saturated heterocycles. The molecule has 7 heteroatoms. The van der Waals surface area contributed by atoms with Gasteiger partial charge in [-0.1, -0.05) is 23.4 Å². The van der Waals surface area contributed by atoms with Crippen molar-refractivity contribution in [2.75, 3.05) is 11.9 Å². The molecule has 20 heavy (non-hydrogen) atoms. The second kappa shape index (κ2) is 6.33. The third kappa shape index (κ3) is 3.45. The molecule has 1 aromatic carbocycles. The zero-order valence-electron chi connectivity index (χ0n) is 10.9. The lowest BCUT2D eigenvalue weighted by Gasteiger charge is -2.17. The Kier molecular flexibility index (Phi) is 4.52. The average Bonchev–Trinajstić information content (AvgIpc) is 2.47. The molecule has 104 valence electrons. The third-order valence-electron chi connectivity index (χ3n) is 2.70. The average molecular weight is 336 g/mol. The predicted octanol–water partition coefficient (Wildman–Crippen LogP) is 1.97. The van der Waals surface area contributed by atoms with Crippen LogP contribution in [0.5, 0.6) is 0 Å². The summed E-state index contributed by atoms with van der Waals surface area (Å²) in [5, 5.41) is 11.7. The van der Waals surface area contributed by atoms with Crippen molar-refractivity contribution in [1.82, 2.24) is 9.97 Å². The normalized spacial score (nSPS) is 11.4. The summed E-state index contributed by atoms with van der Waals surface area (Å²) in [7, 11) is 1.90. The molecule has 1 aromatic heterocycles. The van der Waals surface area contributed by atoms with Gasteiger partial charge < -0.3 is 15.8 Å². The molecular formula is C13H14BrN5O. The van der Waals surface area contributed by atoms with Crippen LogP contribution < -0.4 is 10.6 Å². The molecule has 6 nitrogen and oxygen atoms in total. The first-order chi connectivity index (χ1) is 9.60. The standard InChI is InChI=1S/C13H14BrN5O/c1-19(13-16-6-11(14)7-17-13)8-9-3-2-4-10(5-9)12(15)18-20/h2-7,20H,8H2,1H3,(H2,15,18). The van der Waals surface area contributed by atoms with Crippen LogP contribution in [0.1, 0.15) is 11.1 Å². The lowest BCUT2D eigenvalue weighted by molar-refractivity contribution is 0.318. The quantitative estimate of drug-likeness (QED) is 0.386. The second-order valence-electron chi connectivity index (χ2n) is 4.24. The Bertz CT molecular complexity index is 614. The summed E-state index contributed by atoms with van der Waals surface area (Å²) < 4.78 is 0.837. The van der Waals surface area contributed by atoms with Crippen molar-refractivity contribution < 1.29 is 5.21 Å². The lowest BCUT2D eigenvalue weighted by atomic mass is 10.1. The molecule has 0 fully saturated rings. The van der Waals surface area contributed by atoms with Gasteiger partial charge in [-0.05, 0) is 27.6 Å². The van der Waals surface area contributed by atoms with Crippen LogP contribution in [0, 0.1) is 0 Å². The van der Waals surface area contributed by atoms with E-state index in [4.69, 9.17) is 10.9 Å². The Labute approximate surface area is 125 Å². The van der Waals surface area contributed by atoms with Gasteiger partial charge in [0.25, 0.3) is 0 Å². The van der Waals surface area contributed by atoms with E-state index in [1.165, 1.54) is 0 Å². The zero-order chi connectivity index (χ0) is 14.5. The first-order valence-corrected chi connectivity index (χ1v) is 6.65. The minimum atomic E-state index is 0.0920. The maximum absolute atomic E-state index is 8.69. The Morgan fingerprint density at radius 2 is 2.10 bits per heavy atom. The van der Waals surface area contributed by atoms with Gasteiger partial charge in [0, 0.05) is 31.5 Å². The number of aromatic nitrogens is 2. The fourth-order valence-electron chi connectivity index (χ4n) is 1.73. The highest BCUT2D eigenvalue weighted by atomic mass is 79.9.